The first-order valence-corrected chi connectivity index (χ1v) is 11.1. The second-order valence-electron chi connectivity index (χ2n) is 6.84. The van der Waals surface area contributed by atoms with Gasteiger partial charge in [0.2, 0.25) is 11.9 Å². The van der Waals surface area contributed by atoms with Gasteiger partial charge in [0.15, 0.2) is 17.1 Å². The first-order valence-electron chi connectivity index (χ1n) is 10.1. The number of anilines is 1. The molecular formula is C21H25N7O3S. The standard InChI is InChI=1S/C21H25N7O3S/c1-4-15-6-8-16(9-7-15)31-14(2)19(30)24-12-17-26-27-21(28(17)3)32-13-18(29)25-20-22-10-5-11-23-20/h5-11,14H,4,12-13H2,1-3H3,(H,24,30)(H,22,23,25,29)/t14-/m0/s1. The van der Waals surface area contributed by atoms with E-state index in [1.165, 1.54) is 17.3 Å². The third-order valence-corrected chi connectivity index (χ3v) is 5.53. The molecule has 2 aromatic heterocycles. The van der Waals surface area contributed by atoms with Crippen molar-refractivity contribution in [2.75, 3.05) is 11.1 Å². The van der Waals surface area contributed by atoms with Crippen molar-refractivity contribution >= 4 is 29.5 Å². The van der Waals surface area contributed by atoms with E-state index in [-0.39, 0.29) is 30.1 Å². The molecule has 168 valence electrons. The quantitative estimate of drug-likeness (QED) is 0.445. The van der Waals surface area contributed by atoms with Crippen LogP contribution >= 0.6 is 11.8 Å². The van der Waals surface area contributed by atoms with Crippen LogP contribution in [0.25, 0.3) is 0 Å². The molecule has 1 atom stereocenters. The van der Waals surface area contributed by atoms with Gasteiger partial charge >= 0.3 is 0 Å². The molecule has 0 aliphatic rings. The summed E-state index contributed by atoms with van der Waals surface area (Å²) < 4.78 is 7.43. The summed E-state index contributed by atoms with van der Waals surface area (Å²) in [6.45, 7) is 3.96. The van der Waals surface area contributed by atoms with E-state index in [4.69, 9.17) is 4.74 Å². The Labute approximate surface area is 190 Å². The molecule has 0 aliphatic heterocycles. The zero-order valence-electron chi connectivity index (χ0n) is 18.1. The highest BCUT2D eigenvalue weighted by Crippen LogP contribution is 2.16. The second kappa shape index (κ2) is 11.2. The zero-order valence-corrected chi connectivity index (χ0v) is 18.9. The van der Waals surface area contributed by atoms with Crippen molar-refractivity contribution in [3.8, 4) is 5.75 Å². The van der Waals surface area contributed by atoms with Crippen molar-refractivity contribution in [3.05, 3.63) is 54.1 Å². The average Bonchev–Trinajstić information content (AvgIpc) is 3.16. The fourth-order valence-corrected chi connectivity index (χ4v) is 3.38. The number of carbonyl (C=O) groups excluding carboxylic acids is 2. The van der Waals surface area contributed by atoms with E-state index >= 15 is 0 Å². The Balaban J connectivity index is 1.46. The maximum absolute atomic E-state index is 12.4. The normalized spacial score (nSPS) is 11.6. The molecule has 0 radical (unpaired) electrons. The largest absolute Gasteiger partial charge is 0.481 e. The lowest BCUT2D eigenvalue weighted by Gasteiger charge is -2.15. The van der Waals surface area contributed by atoms with Crippen LogP contribution < -0.4 is 15.4 Å². The minimum Gasteiger partial charge on any atom is -0.481 e. The first-order chi connectivity index (χ1) is 15.5. The number of amides is 2. The van der Waals surface area contributed by atoms with Gasteiger partial charge in [-0.15, -0.1) is 10.2 Å². The number of nitrogens with one attached hydrogen (secondary N) is 2. The Morgan fingerprint density at radius 3 is 2.56 bits per heavy atom. The minimum atomic E-state index is -0.659. The molecule has 3 aromatic rings. The molecule has 10 nitrogen and oxygen atoms in total. The van der Waals surface area contributed by atoms with E-state index in [9.17, 15) is 9.59 Å². The Morgan fingerprint density at radius 1 is 1.16 bits per heavy atom. The number of thioether (sulfide) groups is 1. The van der Waals surface area contributed by atoms with Crippen LogP contribution in [0.3, 0.4) is 0 Å². The lowest BCUT2D eigenvalue weighted by Crippen LogP contribution is -2.36. The third-order valence-electron chi connectivity index (χ3n) is 4.51. The van der Waals surface area contributed by atoms with Crippen molar-refractivity contribution in [1.29, 1.82) is 0 Å². The molecule has 0 unspecified atom stereocenters. The highest BCUT2D eigenvalue weighted by atomic mass is 32.2. The van der Waals surface area contributed by atoms with Gasteiger partial charge < -0.3 is 14.6 Å². The van der Waals surface area contributed by atoms with Crippen LogP contribution in [-0.4, -0.2) is 48.4 Å². The van der Waals surface area contributed by atoms with Crippen molar-refractivity contribution in [3.63, 3.8) is 0 Å². The van der Waals surface area contributed by atoms with Crippen LogP contribution in [0.5, 0.6) is 5.75 Å². The van der Waals surface area contributed by atoms with Crippen LogP contribution in [0.2, 0.25) is 0 Å². The van der Waals surface area contributed by atoms with E-state index in [1.54, 1.807) is 37.0 Å². The number of benzene rings is 1. The van der Waals surface area contributed by atoms with Gasteiger partial charge in [0, 0.05) is 19.4 Å². The molecular weight excluding hydrogens is 430 g/mol. The summed E-state index contributed by atoms with van der Waals surface area (Å²) in [4.78, 5) is 32.3. The summed E-state index contributed by atoms with van der Waals surface area (Å²) in [5, 5.41) is 14.1. The van der Waals surface area contributed by atoms with Gasteiger partial charge in [0.1, 0.15) is 5.75 Å². The topological polar surface area (TPSA) is 124 Å². The van der Waals surface area contributed by atoms with Crippen molar-refractivity contribution in [2.45, 2.75) is 38.1 Å². The fraction of sp³-hybridized carbons (Fsp3) is 0.333. The summed E-state index contributed by atoms with van der Waals surface area (Å²) in [6.07, 6.45) is 3.38. The molecule has 0 saturated heterocycles. The Morgan fingerprint density at radius 2 is 1.88 bits per heavy atom. The monoisotopic (exact) mass is 455 g/mol. The molecule has 32 heavy (non-hydrogen) atoms. The number of rotatable bonds is 10. The minimum absolute atomic E-state index is 0.123. The van der Waals surface area contributed by atoms with Crippen molar-refractivity contribution < 1.29 is 14.3 Å². The Kier molecular flexibility index (Phi) is 8.14. The number of aromatic nitrogens is 5. The third kappa shape index (κ3) is 6.51. The first kappa shape index (κ1) is 23.2. The molecule has 2 heterocycles. The van der Waals surface area contributed by atoms with E-state index in [0.29, 0.717) is 16.7 Å². The van der Waals surface area contributed by atoms with Crippen LogP contribution in [-0.2, 0) is 29.6 Å². The zero-order chi connectivity index (χ0) is 22.9. The van der Waals surface area contributed by atoms with Crippen LogP contribution in [0.4, 0.5) is 5.95 Å². The number of aryl methyl sites for hydroxylation is 1. The maximum Gasteiger partial charge on any atom is 0.261 e. The molecule has 1 aromatic carbocycles. The van der Waals surface area contributed by atoms with Crippen molar-refractivity contribution in [1.82, 2.24) is 30.0 Å². The van der Waals surface area contributed by atoms with Gasteiger partial charge in [-0.25, -0.2) is 9.97 Å². The predicted molar refractivity (Wildman–Crippen MR) is 120 cm³/mol. The maximum atomic E-state index is 12.4. The number of nitrogens with zero attached hydrogens (tertiary/aromatic N) is 5. The highest BCUT2D eigenvalue weighted by Gasteiger charge is 2.17. The summed E-state index contributed by atoms with van der Waals surface area (Å²) in [5.41, 5.74) is 1.20. The SMILES string of the molecule is CCc1ccc(O[C@@H](C)C(=O)NCc2nnc(SCC(=O)Nc3ncccn3)n2C)cc1. The molecule has 2 N–H and O–H groups in total. The van der Waals surface area contributed by atoms with E-state index < -0.39 is 6.10 Å². The molecule has 2 amide bonds. The van der Waals surface area contributed by atoms with E-state index in [0.717, 1.165) is 6.42 Å². The predicted octanol–water partition coefficient (Wildman–Crippen LogP) is 1.98. The molecule has 0 saturated carbocycles. The van der Waals surface area contributed by atoms with E-state index in [1.807, 2.05) is 24.3 Å². The van der Waals surface area contributed by atoms with Crippen molar-refractivity contribution in [2.24, 2.45) is 7.05 Å². The second-order valence-corrected chi connectivity index (χ2v) is 7.78. The number of carbonyl (C=O) groups is 2. The van der Waals surface area contributed by atoms with Gasteiger partial charge in [-0.3, -0.25) is 14.9 Å². The van der Waals surface area contributed by atoms with Gasteiger partial charge in [-0.2, -0.15) is 0 Å². The van der Waals surface area contributed by atoms with Crippen LogP contribution in [0, 0.1) is 0 Å². The highest BCUT2D eigenvalue weighted by molar-refractivity contribution is 7.99. The lowest BCUT2D eigenvalue weighted by molar-refractivity contribution is -0.127. The Bertz CT molecular complexity index is 1040. The number of ether oxygens (including phenoxy) is 1. The van der Waals surface area contributed by atoms with Crippen LogP contribution in [0.1, 0.15) is 25.2 Å². The smallest absolute Gasteiger partial charge is 0.261 e. The lowest BCUT2D eigenvalue weighted by atomic mass is 10.2. The summed E-state index contributed by atoms with van der Waals surface area (Å²) in [5.74, 6) is 1.06. The van der Waals surface area contributed by atoms with Gasteiger partial charge in [-0.05, 0) is 37.1 Å². The number of hydrogen-bond acceptors (Lipinski definition) is 8. The molecule has 0 aliphatic carbocycles. The van der Waals surface area contributed by atoms with Gasteiger partial charge in [0.25, 0.3) is 5.91 Å². The molecule has 0 spiro atoms. The molecule has 11 heteroatoms. The molecule has 0 fully saturated rings. The number of hydrogen-bond donors (Lipinski definition) is 2. The summed E-state index contributed by atoms with van der Waals surface area (Å²) >= 11 is 1.22. The van der Waals surface area contributed by atoms with Crippen LogP contribution in [0.15, 0.2) is 47.9 Å². The summed E-state index contributed by atoms with van der Waals surface area (Å²) in [7, 11) is 1.78. The average molecular weight is 456 g/mol. The van der Waals surface area contributed by atoms with E-state index in [2.05, 4.69) is 37.7 Å². The molecule has 3 rings (SSSR count). The van der Waals surface area contributed by atoms with Gasteiger partial charge in [-0.1, -0.05) is 30.8 Å². The fourth-order valence-electron chi connectivity index (χ4n) is 2.65. The Hall–Kier alpha value is -3.47. The molecule has 0 bridgehead atoms. The summed E-state index contributed by atoms with van der Waals surface area (Å²) in [6, 6.07) is 9.34. The van der Waals surface area contributed by atoms with Gasteiger partial charge in [0.05, 0.1) is 12.3 Å².